The molecule has 1 fully saturated rings. The highest BCUT2D eigenvalue weighted by atomic mass is 35.5. The van der Waals surface area contributed by atoms with Gasteiger partial charge < -0.3 is 20.1 Å². The summed E-state index contributed by atoms with van der Waals surface area (Å²) in [5.74, 6) is 1.89. The molecule has 1 aromatic rings. The van der Waals surface area contributed by atoms with E-state index in [2.05, 4.69) is 10.6 Å². The van der Waals surface area contributed by atoms with E-state index in [4.69, 9.17) is 9.47 Å². The average molecular weight is 299 g/mol. The fourth-order valence-corrected chi connectivity index (χ4v) is 2.14. The minimum Gasteiger partial charge on any atom is -0.490 e. The molecule has 2 aliphatic rings. The number of rotatable bonds is 3. The van der Waals surface area contributed by atoms with Gasteiger partial charge in [-0.25, -0.2) is 0 Å². The highest BCUT2D eigenvalue weighted by Crippen LogP contribution is 2.30. The fraction of sp³-hybridized carbons (Fsp3) is 0.500. The van der Waals surface area contributed by atoms with E-state index in [9.17, 15) is 4.79 Å². The van der Waals surface area contributed by atoms with Crippen LogP contribution in [0.1, 0.15) is 16.8 Å². The van der Waals surface area contributed by atoms with Crippen LogP contribution in [0.3, 0.4) is 0 Å². The molecular formula is C14H19ClN2O3. The Labute approximate surface area is 124 Å². The largest absolute Gasteiger partial charge is 0.490 e. The molecule has 0 aromatic heterocycles. The Morgan fingerprint density at radius 1 is 1.25 bits per heavy atom. The van der Waals surface area contributed by atoms with Gasteiger partial charge in [-0.3, -0.25) is 4.79 Å². The van der Waals surface area contributed by atoms with Gasteiger partial charge in [0.2, 0.25) is 0 Å². The molecule has 0 unspecified atom stereocenters. The van der Waals surface area contributed by atoms with Gasteiger partial charge in [-0.15, -0.1) is 12.4 Å². The number of amides is 1. The third-order valence-corrected chi connectivity index (χ3v) is 3.43. The lowest BCUT2D eigenvalue weighted by atomic mass is 10.0. The number of carbonyl (C=O) groups is 1. The molecule has 1 amide bonds. The molecule has 6 heteroatoms. The highest BCUT2D eigenvalue weighted by molar-refractivity contribution is 5.94. The van der Waals surface area contributed by atoms with Crippen molar-refractivity contribution in [2.45, 2.75) is 6.42 Å². The Balaban J connectivity index is 0.00000147. The van der Waals surface area contributed by atoms with Crippen molar-refractivity contribution in [1.82, 2.24) is 10.6 Å². The predicted molar refractivity (Wildman–Crippen MR) is 78.0 cm³/mol. The summed E-state index contributed by atoms with van der Waals surface area (Å²) in [6.07, 6.45) is 0.866. The summed E-state index contributed by atoms with van der Waals surface area (Å²) in [4.78, 5) is 12.0. The van der Waals surface area contributed by atoms with Crippen LogP contribution in [0.2, 0.25) is 0 Å². The van der Waals surface area contributed by atoms with Crippen LogP contribution in [-0.2, 0) is 0 Å². The van der Waals surface area contributed by atoms with Crippen LogP contribution in [0.25, 0.3) is 0 Å². The lowest BCUT2D eigenvalue weighted by molar-refractivity contribution is 0.0942. The number of carbonyl (C=O) groups excluding carboxylic acids is 1. The first kappa shape index (κ1) is 14.9. The van der Waals surface area contributed by atoms with E-state index in [0.29, 0.717) is 30.4 Å². The number of fused-ring (bicyclic) bond motifs is 1. The maximum atomic E-state index is 12.0. The van der Waals surface area contributed by atoms with Crippen molar-refractivity contribution in [2.24, 2.45) is 5.92 Å². The lowest BCUT2D eigenvalue weighted by Crippen LogP contribution is -2.48. The molecule has 2 heterocycles. The van der Waals surface area contributed by atoms with Gasteiger partial charge in [-0.2, -0.15) is 0 Å². The number of benzene rings is 1. The Hall–Kier alpha value is -1.46. The number of nitrogens with one attached hydrogen (secondary N) is 2. The monoisotopic (exact) mass is 298 g/mol. The maximum Gasteiger partial charge on any atom is 0.251 e. The summed E-state index contributed by atoms with van der Waals surface area (Å²) in [5, 5.41) is 6.13. The van der Waals surface area contributed by atoms with E-state index in [1.807, 2.05) is 0 Å². The summed E-state index contributed by atoms with van der Waals surface area (Å²) >= 11 is 0. The summed E-state index contributed by atoms with van der Waals surface area (Å²) in [6, 6.07) is 5.34. The van der Waals surface area contributed by atoms with Gasteiger partial charge in [0.1, 0.15) is 0 Å². The summed E-state index contributed by atoms with van der Waals surface area (Å²) < 4.78 is 11.1. The first-order chi connectivity index (χ1) is 9.33. The summed E-state index contributed by atoms with van der Waals surface area (Å²) in [5.41, 5.74) is 0.622. The smallest absolute Gasteiger partial charge is 0.251 e. The van der Waals surface area contributed by atoms with Crippen LogP contribution in [0, 0.1) is 5.92 Å². The van der Waals surface area contributed by atoms with Crippen LogP contribution in [0.15, 0.2) is 18.2 Å². The van der Waals surface area contributed by atoms with E-state index in [0.717, 1.165) is 31.8 Å². The van der Waals surface area contributed by atoms with Gasteiger partial charge in [-0.05, 0) is 18.2 Å². The Morgan fingerprint density at radius 3 is 2.70 bits per heavy atom. The first-order valence-electron chi connectivity index (χ1n) is 6.71. The standard InChI is InChI=1S/C14H18N2O3.ClH/c17-14(16-9-10-7-15-8-10)11-2-3-12-13(6-11)19-5-1-4-18-12;/h2-3,6,10,15H,1,4-5,7-9H2,(H,16,17);1H. The van der Waals surface area contributed by atoms with Crippen LogP contribution >= 0.6 is 12.4 Å². The molecule has 0 atom stereocenters. The van der Waals surface area contributed by atoms with Crippen LogP contribution in [-0.4, -0.2) is 38.8 Å². The van der Waals surface area contributed by atoms with Gasteiger partial charge in [0.15, 0.2) is 11.5 Å². The molecule has 2 aliphatic heterocycles. The average Bonchev–Trinajstić information content (AvgIpc) is 2.60. The van der Waals surface area contributed by atoms with Gasteiger partial charge >= 0.3 is 0 Å². The van der Waals surface area contributed by atoms with Crippen molar-refractivity contribution < 1.29 is 14.3 Å². The van der Waals surface area contributed by atoms with Crippen molar-refractivity contribution >= 4 is 18.3 Å². The number of hydrogen-bond acceptors (Lipinski definition) is 4. The van der Waals surface area contributed by atoms with Crippen molar-refractivity contribution in [3.63, 3.8) is 0 Å². The Kier molecular flexibility index (Phi) is 5.09. The zero-order valence-corrected chi connectivity index (χ0v) is 12.0. The molecule has 0 aliphatic carbocycles. The second-order valence-corrected chi connectivity index (χ2v) is 4.95. The van der Waals surface area contributed by atoms with E-state index >= 15 is 0 Å². The minimum atomic E-state index is -0.0532. The van der Waals surface area contributed by atoms with Crippen LogP contribution < -0.4 is 20.1 Å². The zero-order chi connectivity index (χ0) is 13.1. The second-order valence-electron chi connectivity index (χ2n) is 4.95. The normalized spacial score (nSPS) is 17.4. The van der Waals surface area contributed by atoms with E-state index < -0.39 is 0 Å². The number of ether oxygens (including phenoxy) is 2. The third kappa shape index (κ3) is 3.35. The first-order valence-corrected chi connectivity index (χ1v) is 6.71. The fourth-order valence-electron chi connectivity index (χ4n) is 2.14. The van der Waals surface area contributed by atoms with E-state index in [-0.39, 0.29) is 18.3 Å². The summed E-state index contributed by atoms with van der Waals surface area (Å²) in [6.45, 7) is 3.99. The van der Waals surface area contributed by atoms with Crippen molar-refractivity contribution in [2.75, 3.05) is 32.8 Å². The van der Waals surface area contributed by atoms with Gasteiger partial charge in [0, 0.05) is 37.5 Å². The number of halogens is 1. The predicted octanol–water partition coefficient (Wildman–Crippen LogP) is 1.22. The van der Waals surface area contributed by atoms with Crippen LogP contribution in [0.4, 0.5) is 0 Å². The maximum absolute atomic E-state index is 12.0. The van der Waals surface area contributed by atoms with Gasteiger partial charge in [0.25, 0.3) is 5.91 Å². The third-order valence-electron chi connectivity index (χ3n) is 3.43. The van der Waals surface area contributed by atoms with Crippen molar-refractivity contribution in [1.29, 1.82) is 0 Å². The molecule has 2 N–H and O–H groups in total. The molecule has 110 valence electrons. The molecule has 20 heavy (non-hydrogen) atoms. The highest BCUT2D eigenvalue weighted by Gasteiger charge is 2.18. The Bertz CT molecular complexity index is 477. The molecule has 3 rings (SSSR count). The van der Waals surface area contributed by atoms with Crippen molar-refractivity contribution in [3.8, 4) is 11.5 Å². The van der Waals surface area contributed by atoms with Crippen LogP contribution in [0.5, 0.6) is 11.5 Å². The minimum absolute atomic E-state index is 0. The lowest BCUT2D eigenvalue weighted by Gasteiger charge is -2.27. The molecule has 5 nitrogen and oxygen atoms in total. The molecule has 0 bridgehead atoms. The molecule has 0 radical (unpaired) electrons. The van der Waals surface area contributed by atoms with Gasteiger partial charge in [0.05, 0.1) is 13.2 Å². The second kappa shape index (κ2) is 6.81. The zero-order valence-electron chi connectivity index (χ0n) is 11.2. The topological polar surface area (TPSA) is 59.6 Å². The molecule has 0 spiro atoms. The number of hydrogen-bond donors (Lipinski definition) is 2. The van der Waals surface area contributed by atoms with E-state index in [1.54, 1.807) is 18.2 Å². The molecule has 0 saturated carbocycles. The quantitative estimate of drug-likeness (QED) is 0.881. The molecular weight excluding hydrogens is 280 g/mol. The SMILES string of the molecule is Cl.O=C(NCC1CNC1)c1ccc2c(c1)OCCCO2. The molecule has 1 aromatic carbocycles. The molecule has 1 saturated heterocycles. The van der Waals surface area contributed by atoms with E-state index in [1.165, 1.54) is 0 Å². The van der Waals surface area contributed by atoms with Crippen molar-refractivity contribution in [3.05, 3.63) is 23.8 Å². The Morgan fingerprint density at radius 2 is 2.00 bits per heavy atom. The summed E-state index contributed by atoms with van der Waals surface area (Å²) in [7, 11) is 0. The van der Waals surface area contributed by atoms with Gasteiger partial charge in [-0.1, -0.05) is 0 Å².